The number of hydrogen-bond donors (Lipinski definition) is 5. The van der Waals surface area contributed by atoms with Crippen molar-refractivity contribution in [2.45, 2.75) is 25.8 Å². The van der Waals surface area contributed by atoms with Crippen molar-refractivity contribution in [3.05, 3.63) is 30.3 Å². The first-order valence-corrected chi connectivity index (χ1v) is 4.36. The summed E-state index contributed by atoms with van der Waals surface area (Å²) in [6.07, 6.45) is 1.39. The molecule has 15 heteroatoms. The van der Waals surface area contributed by atoms with E-state index in [-0.39, 0.29) is 0 Å². The predicted molar refractivity (Wildman–Crippen MR) is 56.9 cm³/mol. The first-order chi connectivity index (χ1) is 8.88. The molecule has 1 unspecified atom stereocenters. The van der Waals surface area contributed by atoms with Crippen LogP contribution in [0, 0.1) is 30.3 Å². The van der Waals surface area contributed by atoms with E-state index in [9.17, 15) is 4.79 Å². The van der Waals surface area contributed by atoms with Crippen molar-refractivity contribution in [2.75, 3.05) is 0 Å². The smallest absolute Gasteiger partial charge is 0.320 e. The third-order valence-electron chi connectivity index (χ3n) is 0.917. The van der Waals surface area contributed by atoms with E-state index in [0.717, 1.165) is 6.42 Å². The minimum absolute atomic E-state index is 0.565. The Morgan fingerprint density at radius 1 is 1.05 bits per heavy atom. The number of carboxylic acids is 1. The van der Waals surface area contributed by atoms with Crippen LogP contribution in [0.1, 0.15) is 19.8 Å². The Balaban J connectivity index is -0.0000000917. The van der Waals surface area contributed by atoms with E-state index in [2.05, 4.69) is 0 Å². The second-order valence-electron chi connectivity index (χ2n) is 2.45. The van der Waals surface area contributed by atoms with Gasteiger partial charge in [-0.1, -0.05) is 13.3 Å². The average molecular weight is 306 g/mol. The van der Waals surface area contributed by atoms with Crippen molar-refractivity contribution < 1.29 is 40.8 Å². The normalized spacial score (nSPS) is 8.90. The van der Waals surface area contributed by atoms with Crippen molar-refractivity contribution >= 4 is 5.97 Å². The van der Waals surface area contributed by atoms with E-state index >= 15 is 0 Å². The zero-order valence-corrected chi connectivity index (χ0v) is 10.1. The fourth-order valence-electron chi connectivity index (χ4n) is 0.434. The molecule has 0 rings (SSSR count). The molecule has 120 valence electrons. The molecule has 0 saturated heterocycles. The van der Waals surface area contributed by atoms with E-state index < -0.39 is 27.3 Å². The molecule has 0 saturated carbocycles. The summed E-state index contributed by atoms with van der Waals surface area (Å²) in [6, 6.07) is -0.667. The lowest BCUT2D eigenvalue weighted by Gasteiger charge is -2.00. The van der Waals surface area contributed by atoms with Crippen LogP contribution in [0.25, 0.3) is 0 Å². The predicted octanol–water partition coefficient (Wildman–Crippen LogP) is -0.845. The van der Waals surface area contributed by atoms with Crippen molar-refractivity contribution in [1.29, 1.82) is 0 Å². The summed E-state index contributed by atoms with van der Waals surface area (Å²) in [6.45, 7) is 1.91. The van der Waals surface area contributed by atoms with Gasteiger partial charge < -0.3 is 26.5 Å². The van der Waals surface area contributed by atoms with Crippen molar-refractivity contribution in [2.24, 2.45) is 5.73 Å². The molecule has 0 aromatic rings. The fraction of sp³-hybridized carbons (Fsp3) is 0.800. The standard InChI is InChI=1S/C5H11NO2.3HNO3/c1-2-3-4(6)5(7)8;3*2-1(3)4/h4H,2-3,6H2,1H3,(H,7,8);3*(H,2,3,4). The zero-order chi connectivity index (χ0) is 17.3. The highest BCUT2D eigenvalue weighted by Crippen LogP contribution is 1.91. The topological polar surface area (TPSA) is 253 Å². The Labute approximate surface area is 110 Å². The summed E-state index contributed by atoms with van der Waals surface area (Å²) >= 11 is 0. The molecule has 0 bridgehead atoms. The van der Waals surface area contributed by atoms with Gasteiger partial charge in [-0.05, 0) is 6.42 Å². The Morgan fingerprint density at radius 3 is 1.30 bits per heavy atom. The maximum Gasteiger partial charge on any atom is 0.320 e. The molecule has 0 aromatic heterocycles. The van der Waals surface area contributed by atoms with Crippen LogP contribution in [-0.2, 0) is 4.79 Å². The number of carbonyl (C=O) groups is 1. The van der Waals surface area contributed by atoms with Gasteiger partial charge in [0.15, 0.2) is 0 Å². The van der Waals surface area contributed by atoms with Crippen LogP contribution in [0.15, 0.2) is 0 Å². The minimum Gasteiger partial charge on any atom is -0.480 e. The van der Waals surface area contributed by atoms with E-state index in [1.54, 1.807) is 0 Å². The molecule has 1 atom stereocenters. The van der Waals surface area contributed by atoms with Gasteiger partial charge in [0.1, 0.15) is 6.04 Å². The number of carboxylic acid groups (broad SMARTS) is 1. The molecule has 0 aliphatic rings. The van der Waals surface area contributed by atoms with Crippen LogP contribution >= 0.6 is 0 Å². The number of nitrogens with two attached hydrogens (primary N) is 1. The van der Waals surface area contributed by atoms with Gasteiger partial charge >= 0.3 is 5.97 Å². The SMILES string of the molecule is CCCC(N)C(=O)O.O=[N+]([O-])O.O=[N+]([O-])O.O=[N+]([O-])O. The van der Waals surface area contributed by atoms with Crippen LogP contribution < -0.4 is 5.73 Å². The molecule has 6 N–H and O–H groups in total. The molecule has 0 aliphatic carbocycles. The maximum atomic E-state index is 9.96. The Morgan fingerprint density at radius 2 is 1.25 bits per heavy atom. The number of nitrogens with zero attached hydrogens (tertiary/aromatic N) is 3. The van der Waals surface area contributed by atoms with E-state index in [1.165, 1.54) is 0 Å². The number of rotatable bonds is 3. The highest BCUT2D eigenvalue weighted by Gasteiger charge is 2.07. The summed E-state index contributed by atoms with van der Waals surface area (Å²) in [4.78, 5) is 35.0. The summed E-state index contributed by atoms with van der Waals surface area (Å²) in [5, 5.41) is 49.1. The van der Waals surface area contributed by atoms with Crippen LogP contribution in [0.3, 0.4) is 0 Å². The second-order valence-corrected chi connectivity index (χ2v) is 2.45. The van der Waals surface area contributed by atoms with Crippen molar-refractivity contribution in [3.63, 3.8) is 0 Å². The van der Waals surface area contributed by atoms with Gasteiger partial charge in [0.2, 0.25) is 0 Å². The molecule has 0 fully saturated rings. The summed E-state index contributed by atoms with van der Waals surface area (Å²) in [7, 11) is 0. The largest absolute Gasteiger partial charge is 0.480 e. The fourth-order valence-corrected chi connectivity index (χ4v) is 0.434. The van der Waals surface area contributed by atoms with E-state index in [1.807, 2.05) is 6.92 Å². The first kappa shape index (κ1) is 25.8. The van der Waals surface area contributed by atoms with Crippen LogP contribution in [0.4, 0.5) is 0 Å². The van der Waals surface area contributed by atoms with E-state index in [4.69, 9.17) is 56.8 Å². The molecule has 20 heavy (non-hydrogen) atoms. The monoisotopic (exact) mass is 306 g/mol. The van der Waals surface area contributed by atoms with Crippen LogP contribution in [0.5, 0.6) is 0 Å². The van der Waals surface area contributed by atoms with Gasteiger partial charge in [-0.25, -0.2) is 0 Å². The van der Waals surface area contributed by atoms with Crippen LogP contribution in [0.2, 0.25) is 0 Å². The van der Waals surface area contributed by atoms with Gasteiger partial charge in [-0.15, -0.1) is 30.3 Å². The quantitative estimate of drug-likeness (QED) is 0.315. The molecule has 0 amide bonds. The molecular weight excluding hydrogens is 292 g/mol. The molecule has 0 heterocycles. The highest BCUT2D eigenvalue weighted by atomic mass is 16.9. The van der Waals surface area contributed by atoms with Gasteiger partial charge in [0.05, 0.1) is 0 Å². The van der Waals surface area contributed by atoms with Crippen molar-refractivity contribution in [3.8, 4) is 0 Å². The Hall–Kier alpha value is -2.97. The van der Waals surface area contributed by atoms with E-state index in [0.29, 0.717) is 6.42 Å². The number of hydrogen-bond acceptors (Lipinski definition) is 8. The molecule has 0 aromatic carbocycles. The highest BCUT2D eigenvalue weighted by molar-refractivity contribution is 5.72. The van der Waals surface area contributed by atoms with Gasteiger partial charge in [-0.3, -0.25) is 4.79 Å². The number of aliphatic carboxylic acids is 1. The lowest BCUT2D eigenvalue weighted by molar-refractivity contribution is -0.742. The second kappa shape index (κ2) is 18.4. The molecule has 0 aliphatic heterocycles. The Bertz CT molecular complexity index is 254. The minimum atomic E-state index is -1.50. The summed E-state index contributed by atoms with van der Waals surface area (Å²) < 4.78 is 0. The molecule has 15 nitrogen and oxygen atoms in total. The van der Waals surface area contributed by atoms with Gasteiger partial charge in [-0.2, -0.15) is 0 Å². The first-order valence-electron chi connectivity index (χ1n) is 4.36. The molecule has 0 radical (unpaired) electrons. The summed E-state index contributed by atoms with van der Waals surface area (Å²) in [5.41, 5.74) is 5.13. The Kier molecular flexibility index (Phi) is 23.7. The third-order valence-corrected chi connectivity index (χ3v) is 0.917. The molecule has 0 spiro atoms. The average Bonchev–Trinajstić information content (AvgIpc) is 2.14. The lowest BCUT2D eigenvalue weighted by atomic mass is 10.2. The summed E-state index contributed by atoms with van der Waals surface area (Å²) in [5.74, 6) is -0.910. The molecular formula is C5H14N4O11. The van der Waals surface area contributed by atoms with Crippen LogP contribution in [-0.4, -0.2) is 48.0 Å². The zero-order valence-electron chi connectivity index (χ0n) is 10.1. The van der Waals surface area contributed by atoms with Gasteiger partial charge in [0, 0.05) is 0 Å². The van der Waals surface area contributed by atoms with Crippen molar-refractivity contribution in [1.82, 2.24) is 0 Å². The third kappa shape index (κ3) is 182. The lowest BCUT2D eigenvalue weighted by Crippen LogP contribution is -2.29. The van der Waals surface area contributed by atoms with Gasteiger partial charge in [0.25, 0.3) is 15.3 Å². The maximum absolute atomic E-state index is 9.96.